The summed E-state index contributed by atoms with van der Waals surface area (Å²) in [5, 5.41) is 22.5. The molecule has 0 amide bonds. The molecule has 0 radical (unpaired) electrons. The Morgan fingerprint density at radius 2 is 0.950 bits per heavy atom. The maximum Gasteiger partial charge on any atom is 0.353 e. The molecule has 2 aromatic carbocycles. The first-order chi connectivity index (χ1) is 9.61. The lowest BCUT2D eigenvalue weighted by Gasteiger charge is -2.02. The first-order valence-electron chi connectivity index (χ1n) is 5.75. The molecule has 0 spiro atoms. The van der Waals surface area contributed by atoms with Crippen molar-refractivity contribution in [1.82, 2.24) is 0 Å². The minimum absolute atomic E-state index is 0.202. The van der Waals surface area contributed by atoms with Gasteiger partial charge >= 0.3 is 11.4 Å². The van der Waals surface area contributed by atoms with Crippen molar-refractivity contribution in [3.8, 4) is 0 Å². The lowest BCUT2D eigenvalue weighted by Crippen LogP contribution is -2.08. The molecule has 20 heavy (non-hydrogen) atoms. The zero-order chi connectivity index (χ0) is 14.5. The van der Waals surface area contributed by atoms with E-state index in [9.17, 15) is 20.2 Å². The predicted molar refractivity (Wildman–Crippen MR) is 73.7 cm³/mol. The highest BCUT2D eigenvalue weighted by Gasteiger charge is 2.31. The third-order valence-corrected chi connectivity index (χ3v) is 2.68. The molecule has 6 nitrogen and oxygen atoms in total. The van der Waals surface area contributed by atoms with Crippen molar-refractivity contribution >= 4 is 11.4 Å². The van der Waals surface area contributed by atoms with Gasteiger partial charge in [-0.05, 0) is 24.3 Å². The summed E-state index contributed by atoms with van der Waals surface area (Å²) in [6.45, 7) is 0. The Labute approximate surface area is 114 Å². The quantitative estimate of drug-likeness (QED) is 0.485. The van der Waals surface area contributed by atoms with Crippen molar-refractivity contribution in [1.29, 1.82) is 0 Å². The van der Waals surface area contributed by atoms with Crippen LogP contribution >= 0.6 is 0 Å². The zero-order valence-electron chi connectivity index (χ0n) is 10.3. The highest BCUT2D eigenvalue weighted by atomic mass is 16.6. The number of hydrogen-bond donors (Lipinski definition) is 0. The van der Waals surface area contributed by atoms with Crippen LogP contribution in [0.2, 0.25) is 0 Å². The van der Waals surface area contributed by atoms with Gasteiger partial charge in [0.05, 0.1) is 21.0 Å². The molecule has 100 valence electrons. The van der Waals surface area contributed by atoms with E-state index in [-0.39, 0.29) is 11.1 Å². The largest absolute Gasteiger partial charge is 0.353 e. The van der Waals surface area contributed by atoms with E-state index in [0.29, 0.717) is 0 Å². The van der Waals surface area contributed by atoms with Gasteiger partial charge in [0.25, 0.3) is 0 Å². The minimum atomic E-state index is -0.722. The Kier molecular flexibility index (Phi) is 3.85. The summed E-state index contributed by atoms with van der Waals surface area (Å²) in [5.41, 5.74) is -0.621. The van der Waals surface area contributed by atoms with E-state index in [2.05, 4.69) is 0 Å². The molecule has 0 unspecified atom stereocenters. The minimum Gasteiger partial charge on any atom is -0.258 e. The molecule has 0 bridgehead atoms. The number of nitro groups is 2. The fourth-order valence-corrected chi connectivity index (χ4v) is 1.85. The SMILES string of the molecule is O=[N+]([O-])/C(=C(\c1ccccc1)[N+](=O)[O-])c1ccccc1. The van der Waals surface area contributed by atoms with E-state index < -0.39 is 21.2 Å². The molecule has 0 aromatic heterocycles. The van der Waals surface area contributed by atoms with Crippen LogP contribution in [0.3, 0.4) is 0 Å². The van der Waals surface area contributed by atoms with Crippen molar-refractivity contribution in [2.75, 3.05) is 0 Å². The zero-order valence-corrected chi connectivity index (χ0v) is 10.3. The van der Waals surface area contributed by atoms with Gasteiger partial charge < -0.3 is 0 Å². The lowest BCUT2D eigenvalue weighted by molar-refractivity contribution is -0.406. The van der Waals surface area contributed by atoms with Crippen molar-refractivity contribution < 1.29 is 9.85 Å². The molecule has 0 saturated heterocycles. The van der Waals surface area contributed by atoms with Gasteiger partial charge in [-0.3, -0.25) is 20.2 Å². The van der Waals surface area contributed by atoms with Gasteiger partial charge in [0.2, 0.25) is 0 Å². The van der Waals surface area contributed by atoms with Crippen LogP contribution in [0.5, 0.6) is 0 Å². The van der Waals surface area contributed by atoms with Gasteiger partial charge in [0.1, 0.15) is 0 Å². The van der Waals surface area contributed by atoms with Gasteiger partial charge in [0, 0.05) is 0 Å². The van der Waals surface area contributed by atoms with E-state index in [1.165, 1.54) is 24.3 Å². The van der Waals surface area contributed by atoms with Gasteiger partial charge in [-0.1, -0.05) is 36.4 Å². The first kappa shape index (κ1) is 13.4. The summed E-state index contributed by atoms with van der Waals surface area (Å²) in [4.78, 5) is 21.1. The van der Waals surface area contributed by atoms with E-state index in [1.54, 1.807) is 36.4 Å². The second kappa shape index (κ2) is 5.75. The second-order valence-electron chi connectivity index (χ2n) is 3.94. The molecule has 0 aliphatic heterocycles. The molecular formula is C14H10N2O4. The highest BCUT2D eigenvalue weighted by molar-refractivity contribution is 5.82. The van der Waals surface area contributed by atoms with Crippen LogP contribution in [-0.4, -0.2) is 9.85 Å². The van der Waals surface area contributed by atoms with Gasteiger partial charge in [-0.15, -0.1) is 0 Å². The number of rotatable bonds is 4. The fourth-order valence-electron chi connectivity index (χ4n) is 1.85. The number of nitrogens with zero attached hydrogens (tertiary/aromatic N) is 2. The standard InChI is InChI=1S/C14H10N2O4/c17-15(18)13(11-7-3-1-4-8-11)14(16(19)20)12-9-5-2-6-10-12/h1-10H/b14-13+. The van der Waals surface area contributed by atoms with Crippen molar-refractivity contribution in [2.24, 2.45) is 0 Å². The van der Waals surface area contributed by atoms with Crippen LogP contribution in [0.15, 0.2) is 60.7 Å². The van der Waals surface area contributed by atoms with Crippen LogP contribution in [0.25, 0.3) is 11.4 Å². The molecule has 0 atom stereocenters. The topological polar surface area (TPSA) is 86.3 Å². The predicted octanol–water partition coefficient (Wildman–Crippen LogP) is 3.07. The summed E-state index contributed by atoms with van der Waals surface area (Å²) < 4.78 is 0. The normalized spacial score (nSPS) is 11.6. The average Bonchev–Trinajstić information content (AvgIpc) is 2.45. The van der Waals surface area contributed by atoms with Crippen molar-refractivity contribution in [3.63, 3.8) is 0 Å². The molecule has 0 aliphatic rings. The van der Waals surface area contributed by atoms with E-state index in [0.717, 1.165) is 0 Å². The first-order valence-corrected chi connectivity index (χ1v) is 5.75. The van der Waals surface area contributed by atoms with Crippen LogP contribution < -0.4 is 0 Å². The van der Waals surface area contributed by atoms with Gasteiger partial charge in [-0.25, -0.2) is 0 Å². The Hall–Kier alpha value is -3.02. The monoisotopic (exact) mass is 270 g/mol. The summed E-state index contributed by atoms with van der Waals surface area (Å²) >= 11 is 0. The van der Waals surface area contributed by atoms with Gasteiger partial charge in [0.15, 0.2) is 0 Å². The molecule has 0 aliphatic carbocycles. The van der Waals surface area contributed by atoms with E-state index in [4.69, 9.17) is 0 Å². The maximum atomic E-state index is 11.3. The maximum absolute atomic E-state index is 11.3. The second-order valence-corrected chi connectivity index (χ2v) is 3.94. The van der Waals surface area contributed by atoms with Crippen LogP contribution in [0.4, 0.5) is 0 Å². The number of benzene rings is 2. The Morgan fingerprint density at radius 1 is 0.650 bits per heavy atom. The summed E-state index contributed by atoms with van der Waals surface area (Å²) in [5.74, 6) is 0. The average molecular weight is 270 g/mol. The van der Waals surface area contributed by atoms with E-state index in [1.807, 2.05) is 0 Å². The third kappa shape index (κ3) is 2.69. The summed E-state index contributed by atoms with van der Waals surface area (Å²) in [7, 11) is 0. The Balaban J connectivity index is 2.74. The molecule has 2 rings (SSSR count). The lowest BCUT2D eigenvalue weighted by atomic mass is 10.1. The van der Waals surface area contributed by atoms with Crippen LogP contribution in [0, 0.1) is 20.2 Å². The molecule has 0 N–H and O–H groups in total. The molecule has 0 saturated carbocycles. The fraction of sp³-hybridized carbons (Fsp3) is 0. The number of hydrogen-bond acceptors (Lipinski definition) is 4. The molecule has 6 heteroatoms. The smallest absolute Gasteiger partial charge is 0.258 e. The summed E-state index contributed by atoms with van der Waals surface area (Å²) in [6.07, 6.45) is 0. The molecule has 2 aromatic rings. The van der Waals surface area contributed by atoms with Gasteiger partial charge in [-0.2, -0.15) is 0 Å². The Morgan fingerprint density at radius 3 is 1.20 bits per heavy atom. The summed E-state index contributed by atoms with van der Waals surface area (Å²) in [6, 6.07) is 15.7. The van der Waals surface area contributed by atoms with Crippen molar-refractivity contribution in [3.05, 3.63) is 92.0 Å². The van der Waals surface area contributed by atoms with Crippen molar-refractivity contribution in [2.45, 2.75) is 0 Å². The molecular weight excluding hydrogens is 260 g/mol. The van der Waals surface area contributed by atoms with Crippen LogP contribution in [0.1, 0.15) is 11.1 Å². The van der Waals surface area contributed by atoms with E-state index >= 15 is 0 Å². The van der Waals surface area contributed by atoms with Crippen LogP contribution in [-0.2, 0) is 0 Å². The third-order valence-electron chi connectivity index (χ3n) is 2.68. The highest BCUT2D eigenvalue weighted by Crippen LogP contribution is 2.27. The molecule has 0 fully saturated rings. The molecule has 0 heterocycles. The Bertz CT molecular complexity index is 607.